The van der Waals surface area contributed by atoms with Crippen molar-refractivity contribution in [2.24, 2.45) is 0 Å². The Morgan fingerprint density at radius 1 is 1.16 bits per heavy atom. The third-order valence-corrected chi connectivity index (χ3v) is 3.44. The number of hydrogen-bond donors (Lipinski definition) is 1. The first-order valence-electron chi connectivity index (χ1n) is 6.86. The predicted octanol–water partition coefficient (Wildman–Crippen LogP) is 3.01. The van der Waals surface area contributed by atoms with Crippen LogP contribution < -0.4 is 5.32 Å². The molecule has 1 aliphatic carbocycles. The van der Waals surface area contributed by atoms with E-state index in [1.165, 1.54) is 18.4 Å². The molecule has 1 aromatic heterocycles. The highest BCUT2D eigenvalue weighted by Crippen LogP contribution is 2.21. The van der Waals surface area contributed by atoms with Gasteiger partial charge in [0.15, 0.2) is 5.82 Å². The van der Waals surface area contributed by atoms with Crippen molar-refractivity contribution in [3.63, 3.8) is 0 Å². The van der Waals surface area contributed by atoms with Gasteiger partial charge >= 0.3 is 0 Å². The number of aromatic nitrogens is 2. The Morgan fingerprint density at radius 3 is 2.68 bits per heavy atom. The maximum Gasteiger partial charge on any atom is 0.159 e. The SMILES string of the molecule is Cc1cc(CNC2CC2)nc(-c2ccccc2C)n1. The van der Waals surface area contributed by atoms with E-state index in [9.17, 15) is 0 Å². The van der Waals surface area contributed by atoms with Gasteiger partial charge in [-0.15, -0.1) is 0 Å². The summed E-state index contributed by atoms with van der Waals surface area (Å²) >= 11 is 0. The molecule has 0 unspecified atom stereocenters. The largest absolute Gasteiger partial charge is 0.308 e. The van der Waals surface area contributed by atoms with Gasteiger partial charge in [-0.25, -0.2) is 9.97 Å². The van der Waals surface area contributed by atoms with Crippen LogP contribution in [0.5, 0.6) is 0 Å². The van der Waals surface area contributed by atoms with E-state index in [0.717, 1.165) is 29.3 Å². The summed E-state index contributed by atoms with van der Waals surface area (Å²) in [4.78, 5) is 9.26. The number of rotatable bonds is 4. The highest BCUT2D eigenvalue weighted by atomic mass is 15.0. The van der Waals surface area contributed by atoms with Gasteiger partial charge in [0.1, 0.15) is 0 Å². The summed E-state index contributed by atoms with van der Waals surface area (Å²) in [5.41, 5.74) is 4.45. The lowest BCUT2D eigenvalue weighted by Gasteiger charge is -2.08. The number of benzene rings is 1. The van der Waals surface area contributed by atoms with Gasteiger partial charge in [0.05, 0.1) is 5.69 Å². The van der Waals surface area contributed by atoms with Crippen molar-refractivity contribution in [1.82, 2.24) is 15.3 Å². The summed E-state index contributed by atoms with van der Waals surface area (Å²) in [5.74, 6) is 0.839. The second-order valence-corrected chi connectivity index (χ2v) is 5.29. The molecule has 19 heavy (non-hydrogen) atoms. The first-order chi connectivity index (χ1) is 9.22. The Kier molecular flexibility index (Phi) is 3.30. The van der Waals surface area contributed by atoms with Gasteiger partial charge in [-0.1, -0.05) is 24.3 Å². The van der Waals surface area contributed by atoms with Crippen molar-refractivity contribution in [2.45, 2.75) is 39.3 Å². The van der Waals surface area contributed by atoms with Crippen molar-refractivity contribution < 1.29 is 0 Å². The molecule has 0 atom stereocenters. The fraction of sp³-hybridized carbons (Fsp3) is 0.375. The molecule has 0 radical (unpaired) electrons. The molecule has 1 aromatic carbocycles. The van der Waals surface area contributed by atoms with Crippen molar-refractivity contribution >= 4 is 0 Å². The molecule has 3 nitrogen and oxygen atoms in total. The van der Waals surface area contributed by atoms with Crippen LogP contribution in [0.3, 0.4) is 0 Å². The van der Waals surface area contributed by atoms with Crippen LogP contribution in [0.2, 0.25) is 0 Å². The zero-order valence-corrected chi connectivity index (χ0v) is 11.5. The lowest BCUT2D eigenvalue weighted by molar-refractivity contribution is 0.672. The molecule has 1 N–H and O–H groups in total. The average molecular weight is 253 g/mol. The Bertz CT molecular complexity index is 588. The van der Waals surface area contributed by atoms with Gasteiger partial charge in [-0.05, 0) is 38.3 Å². The van der Waals surface area contributed by atoms with E-state index in [1.54, 1.807) is 0 Å². The lowest BCUT2D eigenvalue weighted by atomic mass is 10.1. The maximum absolute atomic E-state index is 4.69. The van der Waals surface area contributed by atoms with Crippen LogP contribution in [-0.2, 0) is 6.54 Å². The minimum absolute atomic E-state index is 0.706. The van der Waals surface area contributed by atoms with Crippen molar-refractivity contribution in [2.75, 3.05) is 0 Å². The van der Waals surface area contributed by atoms with Crippen molar-refractivity contribution in [1.29, 1.82) is 0 Å². The fourth-order valence-electron chi connectivity index (χ4n) is 2.20. The Balaban J connectivity index is 1.90. The smallest absolute Gasteiger partial charge is 0.159 e. The van der Waals surface area contributed by atoms with Crippen LogP contribution >= 0.6 is 0 Å². The van der Waals surface area contributed by atoms with E-state index in [4.69, 9.17) is 4.98 Å². The summed E-state index contributed by atoms with van der Waals surface area (Å²) < 4.78 is 0. The highest BCUT2D eigenvalue weighted by molar-refractivity contribution is 5.59. The molecule has 0 amide bonds. The van der Waals surface area contributed by atoms with Gasteiger partial charge in [0.2, 0.25) is 0 Å². The maximum atomic E-state index is 4.69. The number of nitrogens with one attached hydrogen (secondary N) is 1. The molecule has 0 saturated heterocycles. The third kappa shape index (κ3) is 2.99. The minimum Gasteiger partial charge on any atom is -0.308 e. The molecular formula is C16H19N3. The quantitative estimate of drug-likeness (QED) is 0.910. The summed E-state index contributed by atoms with van der Waals surface area (Å²) in [7, 11) is 0. The second-order valence-electron chi connectivity index (χ2n) is 5.29. The first kappa shape index (κ1) is 12.3. The molecule has 1 heterocycles. The standard InChI is InChI=1S/C16H19N3/c1-11-5-3-4-6-15(11)16-18-12(2)9-14(19-16)10-17-13-7-8-13/h3-6,9,13,17H,7-8,10H2,1-2H3. The Hall–Kier alpha value is -1.74. The number of aryl methyl sites for hydroxylation is 2. The van der Waals surface area contributed by atoms with E-state index in [-0.39, 0.29) is 0 Å². The van der Waals surface area contributed by atoms with Crippen LogP contribution in [0.4, 0.5) is 0 Å². The molecule has 1 saturated carbocycles. The van der Waals surface area contributed by atoms with Gasteiger partial charge in [-0.3, -0.25) is 0 Å². The molecule has 2 aromatic rings. The monoisotopic (exact) mass is 253 g/mol. The molecule has 98 valence electrons. The Labute approximate surface area is 114 Å². The molecule has 3 heteroatoms. The predicted molar refractivity (Wildman–Crippen MR) is 76.8 cm³/mol. The molecule has 1 aliphatic rings. The number of nitrogens with zero attached hydrogens (tertiary/aromatic N) is 2. The normalized spacial score (nSPS) is 14.6. The van der Waals surface area contributed by atoms with E-state index in [2.05, 4.69) is 35.4 Å². The van der Waals surface area contributed by atoms with E-state index >= 15 is 0 Å². The molecule has 3 rings (SSSR count). The lowest BCUT2D eigenvalue weighted by Crippen LogP contribution is -2.16. The van der Waals surface area contributed by atoms with Gasteiger partial charge in [0, 0.05) is 23.8 Å². The summed E-state index contributed by atoms with van der Waals surface area (Å²) in [6, 6.07) is 11.0. The average Bonchev–Trinajstić information content (AvgIpc) is 3.20. The number of hydrogen-bond acceptors (Lipinski definition) is 3. The zero-order valence-electron chi connectivity index (χ0n) is 11.5. The first-order valence-corrected chi connectivity index (χ1v) is 6.86. The van der Waals surface area contributed by atoms with Crippen LogP contribution in [0.25, 0.3) is 11.4 Å². The summed E-state index contributed by atoms with van der Waals surface area (Å²) in [5, 5.41) is 3.50. The topological polar surface area (TPSA) is 37.8 Å². The van der Waals surface area contributed by atoms with E-state index < -0.39 is 0 Å². The molecular weight excluding hydrogens is 234 g/mol. The minimum atomic E-state index is 0.706. The molecule has 0 spiro atoms. The van der Waals surface area contributed by atoms with Gasteiger partial charge < -0.3 is 5.32 Å². The van der Waals surface area contributed by atoms with E-state index in [0.29, 0.717) is 6.04 Å². The van der Waals surface area contributed by atoms with Crippen molar-refractivity contribution in [3.8, 4) is 11.4 Å². The third-order valence-electron chi connectivity index (χ3n) is 3.44. The van der Waals surface area contributed by atoms with Crippen LogP contribution in [-0.4, -0.2) is 16.0 Å². The molecule has 1 fully saturated rings. The molecule has 0 bridgehead atoms. The van der Waals surface area contributed by atoms with Crippen molar-refractivity contribution in [3.05, 3.63) is 47.3 Å². The second kappa shape index (κ2) is 5.10. The zero-order chi connectivity index (χ0) is 13.2. The van der Waals surface area contributed by atoms with Crippen LogP contribution in [0.15, 0.2) is 30.3 Å². The fourth-order valence-corrected chi connectivity index (χ4v) is 2.20. The van der Waals surface area contributed by atoms with E-state index in [1.807, 2.05) is 19.1 Å². The highest BCUT2D eigenvalue weighted by Gasteiger charge is 2.20. The molecule has 0 aliphatic heterocycles. The summed E-state index contributed by atoms with van der Waals surface area (Å²) in [6.45, 7) is 4.97. The summed E-state index contributed by atoms with van der Waals surface area (Å²) in [6.07, 6.45) is 2.60. The van der Waals surface area contributed by atoms with Gasteiger partial charge in [0.25, 0.3) is 0 Å². The Morgan fingerprint density at radius 2 is 1.95 bits per heavy atom. The van der Waals surface area contributed by atoms with Crippen LogP contribution in [0, 0.1) is 13.8 Å². The van der Waals surface area contributed by atoms with Gasteiger partial charge in [-0.2, -0.15) is 0 Å². The van der Waals surface area contributed by atoms with Crippen LogP contribution in [0.1, 0.15) is 29.8 Å².